The first-order valence-electron chi connectivity index (χ1n) is 20.2. The van der Waals surface area contributed by atoms with E-state index in [1.807, 2.05) is 13.8 Å². The molecule has 0 radical (unpaired) electrons. The van der Waals surface area contributed by atoms with Crippen molar-refractivity contribution in [2.75, 3.05) is 13.6 Å². The van der Waals surface area contributed by atoms with E-state index in [-0.39, 0.29) is 56.7 Å². The number of carboxylic acids is 1. The summed E-state index contributed by atoms with van der Waals surface area (Å²) in [5, 5.41) is 35.3. The number of likely N-dealkylation sites (N-methyl/N-ethyl adjacent to an activating group) is 1. The first kappa shape index (κ1) is 48.2. The van der Waals surface area contributed by atoms with E-state index in [1.165, 1.54) is 19.2 Å². The van der Waals surface area contributed by atoms with Crippen molar-refractivity contribution in [1.82, 2.24) is 36.8 Å². The second-order valence-corrected chi connectivity index (χ2v) is 15.9. The van der Waals surface area contributed by atoms with E-state index in [2.05, 4.69) is 31.9 Å². The fraction of sp³-hybridized carbons (Fsp3) is 0.524. The van der Waals surface area contributed by atoms with E-state index in [0.29, 0.717) is 17.5 Å². The zero-order valence-electron chi connectivity index (χ0n) is 34.9. The van der Waals surface area contributed by atoms with Crippen molar-refractivity contribution in [2.24, 2.45) is 17.6 Å². The summed E-state index contributed by atoms with van der Waals surface area (Å²) in [7, 11) is 1.28. The van der Waals surface area contributed by atoms with E-state index >= 15 is 0 Å². The van der Waals surface area contributed by atoms with Crippen LogP contribution in [0.25, 0.3) is 0 Å². The zero-order valence-corrected chi connectivity index (χ0v) is 34.9. The van der Waals surface area contributed by atoms with Crippen molar-refractivity contribution in [3.63, 3.8) is 0 Å². The van der Waals surface area contributed by atoms with Gasteiger partial charge in [0.1, 0.15) is 42.0 Å². The van der Waals surface area contributed by atoms with Gasteiger partial charge >= 0.3 is 12.0 Å². The third kappa shape index (κ3) is 15.5. The summed E-state index contributed by atoms with van der Waals surface area (Å²) in [5.74, 6) is -6.42. The lowest BCUT2D eigenvalue weighted by Crippen LogP contribution is -2.60. The number of carbonyl (C=O) groups excluding carboxylic acids is 7. The molecular formula is C42H60N8O10. The second-order valence-electron chi connectivity index (χ2n) is 15.9. The number of primary amides is 1. The average Bonchev–Trinajstić information content (AvgIpc) is 3.18. The van der Waals surface area contributed by atoms with Gasteiger partial charge in [-0.3, -0.25) is 28.8 Å². The Morgan fingerprint density at radius 1 is 0.817 bits per heavy atom. The summed E-state index contributed by atoms with van der Waals surface area (Å²) in [5.41, 5.74) is 6.99. The van der Waals surface area contributed by atoms with Crippen LogP contribution >= 0.6 is 0 Å². The minimum absolute atomic E-state index is 0.0169. The highest BCUT2D eigenvalue weighted by Crippen LogP contribution is 2.16. The van der Waals surface area contributed by atoms with Gasteiger partial charge in [-0.05, 0) is 73.6 Å². The number of nitrogens with zero attached hydrogens (tertiary/aromatic N) is 1. The maximum Gasteiger partial charge on any atom is 0.326 e. The quantitative estimate of drug-likeness (QED) is 0.137. The van der Waals surface area contributed by atoms with Crippen molar-refractivity contribution in [1.29, 1.82) is 0 Å². The molecule has 18 heteroatoms. The number of amides is 8. The molecule has 10 N–H and O–H groups in total. The Bertz CT molecular complexity index is 1810. The van der Waals surface area contributed by atoms with Gasteiger partial charge in [-0.15, -0.1) is 0 Å². The van der Waals surface area contributed by atoms with Crippen LogP contribution in [0.4, 0.5) is 4.79 Å². The minimum atomic E-state index is -1.49. The number of aryl methyl sites for hydroxylation is 1. The molecule has 1 saturated heterocycles. The molecule has 0 aliphatic carbocycles. The number of hydrogen-bond donors (Lipinski definition) is 9. The van der Waals surface area contributed by atoms with Gasteiger partial charge in [0.2, 0.25) is 35.4 Å². The number of nitrogens with two attached hydrogens (primary N) is 1. The summed E-state index contributed by atoms with van der Waals surface area (Å²) < 4.78 is 0. The fourth-order valence-corrected chi connectivity index (χ4v) is 6.73. The predicted octanol–water partition coefficient (Wildman–Crippen LogP) is 0.848. The highest BCUT2D eigenvalue weighted by Gasteiger charge is 2.37. The maximum absolute atomic E-state index is 14.4. The van der Waals surface area contributed by atoms with Gasteiger partial charge in [-0.1, -0.05) is 70.2 Å². The summed E-state index contributed by atoms with van der Waals surface area (Å²) in [4.78, 5) is 108. The molecule has 2 aromatic rings. The Labute approximate surface area is 350 Å². The van der Waals surface area contributed by atoms with Gasteiger partial charge in [0, 0.05) is 20.0 Å². The highest BCUT2D eigenvalue weighted by atomic mass is 16.4. The average molecular weight is 837 g/mol. The third-order valence-corrected chi connectivity index (χ3v) is 10.1. The normalized spacial score (nSPS) is 21.9. The number of benzene rings is 2. The summed E-state index contributed by atoms with van der Waals surface area (Å²) >= 11 is 0. The molecule has 0 spiro atoms. The highest BCUT2D eigenvalue weighted by molar-refractivity contribution is 5.98. The molecular weight excluding hydrogens is 777 g/mol. The van der Waals surface area contributed by atoms with Crippen LogP contribution in [-0.2, 0) is 46.4 Å². The van der Waals surface area contributed by atoms with Crippen LogP contribution in [0.5, 0.6) is 5.75 Å². The molecule has 6 atom stereocenters. The molecule has 8 amide bonds. The zero-order chi connectivity index (χ0) is 44.5. The van der Waals surface area contributed by atoms with Crippen LogP contribution < -0.4 is 37.6 Å². The van der Waals surface area contributed by atoms with Crippen LogP contribution in [0.1, 0.15) is 77.3 Å². The fourth-order valence-electron chi connectivity index (χ4n) is 6.73. The summed E-state index contributed by atoms with van der Waals surface area (Å²) in [6.07, 6.45) is 0.380. The maximum atomic E-state index is 14.4. The van der Waals surface area contributed by atoms with Crippen LogP contribution in [0.3, 0.4) is 0 Å². The van der Waals surface area contributed by atoms with Crippen LogP contribution in [0.15, 0.2) is 54.6 Å². The Kier molecular flexibility index (Phi) is 18.8. The number of urea groups is 1. The first-order chi connectivity index (χ1) is 28.4. The Hall–Kier alpha value is -6.20. The molecule has 60 heavy (non-hydrogen) atoms. The predicted molar refractivity (Wildman–Crippen MR) is 221 cm³/mol. The number of rotatable bonds is 13. The topological polar surface area (TPSA) is 278 Å². The molecule has 1 fully saturated rings. The smallest absolute Gasteiger partial charge is 0.326 e. The molecule has 1 heterocycles. The summed E-state index contributed by atoms with van der Waals surface area (Å²) in [6, 6.07) is 6.48. The molecule has 3 rings (SSSR count). The molecule has 0 aromatic heterocycles. The number of aromatic hydroxyl groups is 1. The number of phenols is 1. The minimum Gasteiger partial charge on any atom is -0.508 e. The molecule has 1 aliphatic heterocycles. The van der Waals surface area contributed by atoms with Gasteiger partial charge in [0.15, 0.2) is 0 Å². The van der Waals surface area contributed by atoms with Gasteiger partial charge in [0.25, 0.3) is 0 Å². The van der Waals surface area contributed by atoms with Crippen molar-refractivity contribution < 1.29 is 48.6 Å². The number of carboxylic acid groups (broad SMARTS) is 1. The van der Waals surface area contributed by atoms with Gasteiger partial charge in [-0.25, -0.2) is 9.59 Å². The number of nitrogens with one attached hydrogen (secondary N) is 6. The monoisotopic (exact) mass is 836 g/mol. The van der Waals surface area contributed by atoms with Crippen LogP contribution in [0.2, 0.25) is 0 Å². The largest absolute Gasteiger partial charge is 0.508 e. The Morgan fingerprint density at radius 2 is 1.45 bits per heavy atom. The number of phenolic OH excluding ortho intramolecular Hbond substituents is 1. The van der Waals surface area contributed by atoms with Gasteiger partial charge < -0.3 is 52.7 Å². The van der Waals surface area contributed by atoms with Crippen molar-refractivity contribution >= 4 is 47.4 Å². The van der Waals surface area contributed by atoms with Gasteiger partial charge in [-0.2, -0.15) is 0 Å². The Morgan fingerprint density at radius 3 is 2.05 bits per heavy atom. The van der Waals surface area contributed by atoms with Gasteiger partial charge in [0.05, 0.1) is 6.42 Å². The lowest BCUT2D eigenvalue weighted by Gasteiger charge is -2.32. The molecule has 1 aliphatic rings. The van der Waals surface area contributed by atoms with Crippen molar-refractivity contribution in [3.8, 4) is 5.75 Å². The first-order valence-corrected chi connectivity index (χ1v) is 20.2. The van der Waals surface area contributed by atoms with E-state index in [4.69, 9.17) is 5.73 Å². The molecule has 0 bridgehead atoms. The Balaban J connectivity index is 2.07. The van der Waals surface area contributed by atoms with E-state index in [9.17, 15) is 48.6 Å². The number of carbonyl (C=O) groups is 8. The van der Waals surface area contributed by atoms with Crippen LogP contribution in [-0.4, -0.2) is 112 Å². The SMILES string of the molecule is CC(C)CC1NC(=O)C(NC(=O)NC(C(=O)O)C(C)C)CCCCNC(=O)C(Cc2ccccc2)NC(=O)C(CC(N)=O)N(C)C(=O)C(CCc2ccc(O)cc2)NC1=O. The molecule has 328 valence electrons. The molecule has 6 unspecified atom stereocenters. The number of hydrogen-bond acceptors (Lipinski definition) is 9. The molecule has 2 aromatic carbocycles. The standard InChI is InChI=1S/C42H60N8O10/c1-24(2)21-31-38(55)45-30(19-16-26-14-17-28(51)18-15-26)40(57)50(5)33(23-34(43)52)39(56)47-32(22-27-11-7-6-8-12-27)36(53)44-20-10-9-13-29(37(54)46-31)48-42(60)49-35(25(3)4)41(58)59/h6-8,11-12,14-15,17-18,24-25,29-33,35,51H,9-10,13,16,19-23H2,1-5H3,(H2,43,52)(H,44,53)(H,45,55)(H,46,54)(H,47,56)(H,58,59)(H2,48,49,60). The van der Waals surface area contributed by atoms with E-state index < -0.39 is 96.0 Å². The number of aliphatic carboxylic acids is 1. The lowest BCUT2D eigenvalue weighted by atomic mass is 9.99. The van der Waals surface area contributed by atoms with E-state index in [0.717, 1.165) is 4.90 Å². The van der Waals surface area contributed by atoms with E-state index in [1.54, 1.807) is 56.3 Å². The third-order valence-electron chi connectivity index (χ3n) is 10.1. The van der Waals surface area contributed by atoms with Crippen molar-refractivity contribution in [3.05, 3.63) is 65.7 Å². The lowest BCUT2D eigenvalue weighted by molar-refractivity contribution is -0.144. The summed E-state index contributed by atoms with van der Waals surface area (Å²) in [6.45, 7) is 6.97. The van der Waals surface area contributed by atoms with Crippen molar-refractivity contribution in [2.45, 2.75) is 115 Å². The molecule has 18 nitrogen and oxygen atoms in total. The second kappa shape index (κ2) is 23.4. The van der Waals surface area contributed by atoms with Crippen LogP contribution in [0, 0.1) is 11.8 Å². The molecule has 0 saturated carbocycles.